The molecule has 3 N–H and O–H groups in total. The summed E-state index contributed by atoms with van der Waals surface area (Å²) in [5, 5.41) is 13.1. The SMILES string of the molecule is CC(C)NC(=O)CN1CCC[C@H](c2[nH]ncc2NC(=O)c2ccccc2)C1. The van der Waals surface area contributed by atoms with E-state index in [1.54, 1.807) is 18.3 Å². The Labute approximate surface area is 159 Å². The summed E-state index contributed by atoms with van der Waals surface area (Å²) in [4.78, 5) is 26.7. The van der Waals surface area contributed by atoms with Crippen molar-refractivity contribution in [1.82, 2.24) is 20.4 Å². The van der Waals surface area contributed by atoms with E-state index >= 15 is 0 Å². The number of rotatable bonds is 6. The number of H-pyrrole nitrogens is 1. The second kappa shape index (κ2) is 8.81. The first-order chi connectivity index (χ1) is 13.0. The van der Waals surface area contributed by atoms with Crippen molar-refractivity contribution in [2.24, 2.45) is 0 Å². The van der Waals surface area contributed by atoms with Gasteiger partial charge in [-0.3, -0.25) is 19.6 Å². The van der Waals surface area contributed by atoms with Gasteiger partial charge in [0.2, 0.25) is 5.91 Å². The zero-order valence-electron chi connectivity index (χ0n) is 15.9. The van der Waals surface area contributed by atoms with Crippen molar-refractivity contribution in [3.05, 3.63) is 47.8 Å². The maximum Gasteiger partial charge on any atom is 0.255 e. The van der Waals surface area contributed by atoms with Crippen LogP contribution in [0.5, 0.6) is 0 Å². The number of nitrogens with one attached hydrogen (secondary N) is 3. The van der Waals surface area contributed by atoms with Crippen molar-refractivity contribution < 1.29 is 9.59 Å². The second-order valence-electron chi connectivity index (χ2n) is 7.31. The molecule has 2 heterocycles. The lowest BCUT2D eigenvalue weighted by atomic mass is 9.94. The van der Waals surface area contributed by atoms with Gasteiger partial charge in [-0.05, 0) is 45.4 Å². The van der Waals surface area contributed by atoms with Crippen LogP contribution in [0.25, 0.3) is 0 Å². The first-order valence-electron chi connectivity index (χ1n) is 9.44. The topological polar surface area (TPSA) is 90.1 Å². The van der Waals surface area contributed by atoms with E-state index in [2.05, 4.69) is 25.7 Å². The molecular formula is C20H27N5O2. The van der Waals surface area contributed by atoms with Crippen LogP contribution in [0.2, 0.25) is 0 Å². The molecule has 1 aromatic heterocycles. The van der Waals surface area contributed by atoms with Crippen LogP contribution in [-0.4, -0.2) is 52.6 Å². The molecule has 0 bridgehead atoms. The highest BCUT2D eigenvalue weighted by atomic mass is 16.2. The van der Waals surface area contributed by atoms with E-state index in [4.69, 9.17) is 0 Å². The lowest BCUT2D eigenvalue weighted by Gasteiger charge is -2.32. The van der Waals surface area contributed by atoms with E-state index in [1.807, 2.05) is 32.0 Å². The van der Waals surface area contributed by atoms with Gasteiger partial charge in [0.05, 0.1) is 24.1 Å². The Morgan fingerprint density at radius 2 is 2.07 bits per heavy atom. The number of aromatic nitrogens is 2. The molecule has 7 nitrogen and oxygen atoms in total. The van der Waals surface area contributed by atoms with E-state index in [1.165, 1.54) is 0 Å². The van der Waals surface area contributed by atoms with Crippen molar-refractivity contribution in [2.75, 3.05) is 25.0 Å². The Hall–Kier alpha value is -2.67. The van der Waals surface area contributed by atoms with Crippen LogP contribution >= 0.6 is 0 Å². The summed E-state index contributed by atoms with van der Waals surface area (Å²) in [6, 6.07) is 9.27. The van der Waals surface area contributed by atoms with E-state index < -0.39 is 0 Å². The fraction of sp³-hybridized carbons (Fsp3) is 0.450. The lowest BCUT2D eigenvalue weighted by Crippen LogP contribution is -2.43. The highest BCUT2D eigenvalue weighted by Gasteiger charge is 2.26. The number of anilines is 1. The molecule has 1 fully saturated rings. The molecule has 1 aliphatic rings. The van der Waals surface area contributed by atoms with Gasteiger partial charge in [0, 0.05) is 24.1 Å². The number of aromatic amines is 1. The third-order valence-electron chi connectivity index (χ3n) is 4.68. The number of carbonyl (C=O) groups is 2. The summed E-state index contributed by atoms with van der Waals surface area (Å²) in [5.74, 6) is 0.106. The van der Waals surface area contributed by atoms with Gasteiger partial charge in [0.25, 0.3) is 5.91 Å². The number of hydrogen-bond acceptors (Lipinski definition) is 4. The molecule has 0 unspecified atom stereocenters. The Kier molecular flexibility index (Phi) is 6.24. The number of benzene rings is 1. The molecule has 3 rings (SSSR count). The van der Waals surface area contributed by atoms with Gasteiger partial charge in [-0.25, -0.2) is 0 Å². The summed E-state index contributed by atoms with van der Waals surface area (Å²) in [6.07, 6.45) is 3.66. The molecule has 0 spiro atoms. The third kappa shape index (κ3) is 5.17. The number of carbonyl (C=O) groups excluding carboxylic acids is 2. The Balaban J connectivity index is 1.64. The highest BCUT2D eigenvalue weighted by Crippen LogP contribution is 2.30. The average Bonchev–Trinajstić information content (AvgIpc) is 3.10. The molecule has 2 amide bonds. The third-order valence-corrected chi connectivity index (χ3v) is 4.68. The van der Waals surface area contributed by atoms with Crippen molar-refractivity contribution in [1.29, 1.82) is 0 Å². The summed E-state index contributed by atoms with van der Waals surface area (Å²) < 4.78 is 0. The van der Waals surface area contributed by atoms with Gasteiger partial charge in [0.15, 0.2) is 0 Å². The first kappa shape index (κ1) is 19.1. The zero-order chi connectivity index (χ0) is 19.2. The normalized spacial score (nSPS) is 17.7. The van der Waals surface area contributed by atoms with Crippen LogP contribution in [0, 0.1) is 0 Å². The Bertz CT molecular complexity index is 772. The Morgan fingerprint density at radius 1 is 1.30 bits per heavy atom. The summed E-state index contributed by atoms with van der Waals surface area (Å²) >= 11 is 0. The van der Waals surface area contributed by atoms with E-state index in [0.717, 1.165) is 31.6 Å². The average molecular weight is 369 g/mol. The van der Waals surface area contributed by atoms with Crippen molar-refractivity contribution >= 4 is 17.5 Å². The number of nitrogens with zero attached hydrogens (tertiary/aromatic N) is 2. The highest BCUT2D eigenvalue weighted by molar-refractivity contribution is 6.04. The standard InChI is InChI=1S/C20H27N5O2/c1-14(2)22-18(26)13-25-10-6-9-16(12-25)19-17(11-21-24-19)23-20(27)15-7-4-3-5-8-15/h3-5,7-8,11,14,16H,6,9-10,12-13H2,1-2H3,(H,21,24)(H,22,26)(H,23,27)/t16-/m0/s1. The molecule has 7 heteroatoms. The molecule has 1 saturated heterocycles. The summed E-state index contributed by atoms with van der Waals surface area (Å²) in [5.41, 5.74) is 2.25. The quantitative estimate of drug-likeness (QED) is 0.729. The monoisotopic (exact) mass is 369 g/mol. The molecule has 0 saturated carbocycles. The smallest absolute Gasteiger partial charge is 0.255 e. The van der Waals surface area contributed by atoms with Crippen molar-refractivity contribution in [3.8, 4) is 0 Å². The molecule has 1 atom stereocenters. The Morgan fingerprint density at radius 3 is 2.81 bits per heavy atom. The molecule has 0 aliphatic carbocycles. The number of piperidine rings is 1. The predicted octanol–water partition coefficient (Wildman–Crippen LogP) is 2.37. The minimum Gasteiger partial charge on any atom is -0.353 e. The van der Waals surface area contributed by atoms with Crippen LogP contribution in [0.4, 0.5) is 5.69 Å². The number of amides is 2. The van der Waals surface area contributed by atoms with Crippen LogP contribution in [0.15, 0.2) is 36.5 Å². The van der Waals surface area contributed by atoms with Crippen molar-refractivity contribution in [2.45, 2.75) is 38.6 Å². The first-order valence-corrected chi connectivity index (χ1v) is 9.44. The predicted molar refractivity (Wildman–Crippen MR) is 105 cm³/mol. The zero-order valence-corrected chi connectivity index (χ0v) is 15.9. The second-order valence-corrected chi connectivity index (χ2v) is 7.31. The van der Waals surface area contributed by atoms with Gasteiger partial charge in [-0.2, -0.15) is 5.10 Å². The van der Waals surface area contributed by atoms with Crippen LogP contribution in [0.1, 0.15) is 48.7 Å². The molecule has 1 aliphatic heterocycles. The van der Waals surface area contributed by atoms with Crippen molar-refractivity contribution in [3.63, 3.8) is 0 Å². The largest absolute Gasteiger partial charge is 0.353 e. The van der Waals surface area contributed by atoms with E-state index in [9.17, 15) is 9.59 Å². The van der Waals surface area contributed by atoms with Crippen LogP contribution in [-0.2, 0) is 4.79 Å². The number of hydrogen-bond donors (Lipinski definition) is 3. The van der Waals surface area contributed by atoms with Gasteiger partial charge in [-0.1, -0.05) is 18.2 Å². The molecule has 2 aromatic rings. The number of likely N-dealkylation sites (tertiary alicyclic amines) is 1. The van der Waals surface area contributed by atoms with Crippen LogP contribution < -0.4 is 10.6 Å². The maximum atomic E-state index is 12.4. The van der Waals surface area contributed by atoms with Gasteiger partial charge < -0.3 is 10.6 Å². The minimum atomic E-state index is -0.151. The van der Waals surface area contributed by atoms with E-state index in [0.29, 0.717) is 17.8 Å². The van der Waals surface area contributed by atoms with Gasteiger partial charge >= 0.3 is 0 Å². The summed E-state index contributed by atoms with van der Waals surface area (Å²) in [6.45, 7) is 5.99. The molecular weight excluding hydrogens is 342 g/mol. The van der Waals surface area contributed by atoms with Gasteiger partial charge in [-0.15, -0.1) is 0 Å². The molecule has 27 heavy (non-hydrogen) atoms. The fourth-order valence-electron chi connectivity index (χ4n) is 3.50. The fourth-order valence-corrected chi connectivity index (χ4v) is 3.50. The summed E-state index contributed by atoms with van der Waals surface area (Å²) in [7, 11) is 0. The molecule has 1 aromatic carbocycles. The van der Waals surface area contributed by atoms with Gasteiger partial charge in [0.1, 0.15) is 0 Å². The van der Waals surface area contributed by atoms with Crippen LogP contribution in [0.3, 0.4) is 0 Å². The molecule has 0 radical (unpaired) electrons. The molecule has 144 valence electrons. The minimum absolute atomic E-state index is 0.0489. The maximum absolute atomic E-state index is 12.4. The van der Waals surface area contributed by atoms with E-state index in [-0.39, 0.29) is 23.8 Å². The lowest BCUT2D eigenvalue weighted by molar-refractivity contribution is -0.123.